The minimum absolute atomic E-state index is 0.318. The first-order chi connectivity index (χ1) is 8.94. The summed E-state index contributed by atoms with van der Waals surface area (Å²) in [6.45, 7) is 8.57. The topological polar surface area (TPSA) is 38.3 Å². The first-order valence-corrected chi connectivity index (χ1v) is 6.87. The maximum absolute atomic E-state index is 13.2. The van der Waals surface area contributed by atoms with E-state index in [9.17, 15) is 4.39 Å². The lowest BCUT2D eigenvalue weighted by Gasteiger charge is -2.27. The lowest BCUT2D eigenvalue weighted by atomic mass is 10.1. The van der Waals surface area contributed by atoms with E-state index in [0.717, 1.165) is 25.0 Å². The number of aromatic nitrogens is 2. The molecule has 1 aromatic heterocycles. The second-order valence-electron chi connectivity index (χ2n) is 6.00. The summed E-state index contributed by atoms with van der Waals surface area (Å²) in [7, 11) is 0. The molecule has 0 aliphatic carbocycles. The van der Waals surface area contributed by atoms with Crippen molar-refractivity contribution in [1.82, 2.24) is 14.9 Å². The molecule has 1 aliphatic heterocycles. The molecule has 0 atom stereocenters. The normalized spacial score (nSPS) is 17.5. The van der Waals surface area contributed by atoms with Crippen LogP contribution in [0.1, 0.15) is 45.7 Å². The van der Waals surface area contributed by atoms with Gasteiger partial charge in [-0.05, 0) is 46.7 Å². The van der Waals surface area contributed by atoms with Crippen molar-refractivity contribution in [1.29, 1.82) is 0 Å². The van der Waals surface area contributed by atoms with Gasteiger partial charge in [-0.2, -0.15) is 9.37 Å². The highest BCUT2D eigenvalue weighted by molar-refractivity contribution is 5.18. The zero-order valence-electron chi connectivity index (χ0n) is 11.9. The van der Waals surface area contributed by atoms with Gasteiger partial charge in [-0.3, -0.25) is 4.90 Å². The van der Waals surface area contributed by atoms with Crippen molar-refractivity contribution in [3.05, 3.63) is 17.8 Å². The molecule has 106 valence electrons. The van der Waals surface area contributed by atoms with Crippen molar-refractivity contribution in [3.8, 4) is 5.88 Å². The van der Waals surface area contributed by atoms with Gasteiger partial charge < -0.3 is 4.74 Å². The van der Waals surface area contributed by atoms with Crippen LogP contribution in [0.4, 0.5) is 4.39 Å². The SMILES string of the molecule is CC(C)(C)Oc1nc(F)cnc1CN1CCCCC1. The van der Waals surface area contributed by atoms with E-state index >= 15 is 0 Å². The van der Waals surface area contributed by atoms with Gasteiger partial charge in [-0.25, -0.2) is 4.98 Å². The summed E-state index contributed by atoms with van der Waals surface area (Å²) in [6, 6.07) is 0. The van der Waals surface area contributed by atoms with Crippen LogP contribution in [0.5, 0.6) is 5.88 Å². The highest BCUT2D eigenvalue weighted by Crippen LogP contribution is 2.22. The first-order valence-electron chi connectivity index (χ1n) is 6.87. The van der Waals surface area contributed by atoms with Crippen molar-refractivity contribution < 1.29 is 9.13 Å². The Morgan fingerprint density at radius 3 is 2.58 bits per heavy atom. The Kier molecular flexibility index (Phi) is 4.34. The molecule has 0 N–H and O–H groups in total. The van der Waals surface area contributed by atoms with Crippen molar-refractivity contribution in [3.63, 3.8) is 0 Å². The molecule has 2 rings (SSSR count). The van der Waals surface area contributed by atoms with Crippen LogP contribution in [0, 0.1) is 5.95 Å². The van der Waals surface area contributed by atoms with Crippen LogP contribution in [0.15, 0.2) is 6.20 Å². The fourth-order valence-corrected chi connectivity index (χ4v) is 2.19. The lowest BCUT2D eigenvalue weighted by molar-refractivity contribution is 0.116. The Hall–Kier alpha value is -1.23. The van der Waals surface area contributed by atoms with Gasteiger partial charge in [-0.15, -0.1) is 0 Å². The van der Waals surface area contributed by atoms with Gasteiger partial charge in [-0.1, -0.05) is 6.42 Å². The number of ether oxygens (including phenoxy) is 1. The van der Waals surface area contributed by atoms with E-state index in [-0.39, 0.29) is 0 Å². The van der Waals surface area contributed by atoms with Crippen molar-refractivity contribution >= 4 is 0 Å². The average molecular weight is 267 g/mol. The van der Waals surface area contributed by atoms with Crippen LogP contribution in [0.2, 0.25) is 0 Å². The zero-order valence-corrected chi connectivity index (χ0v) is 11.9. The summed E-state index contributed by atoms with van der Waals surface area (Å²) in [5, 5.41) is 0. The van der Waals surface area contributed by atoms with Crippen molar-refractivity contribution in [2.24, 2.45) is 0 Å². The predicted molar refractivity (Wildman–Crippen MR) is 71.5 cm³/mol. The fraction of sp³-hybridized carbons (Fsp3) is 0.714. The molecule has 1 aromatic rings. The molecule has 0 spiro atoms. The standard InChI is InChI=1S/C14H22FN3O/c1-14(2,3)19-13-11(16-9-12(15)17-13)10-18-7-5-4-6-8-18/h9H,4-8,10H2,1-3H3. The van der Waals surface area contributed by atoms with E-state index in [1.54, 1.807) is 0 Å². The third-order valence-electron chi connectivity index (χ3n) is 3.01. The van der Waals surface area contributed by atoms with Crippen LogP contribution in [-0.2, 0) is 6.54 Å². The number of rotatable bonds is 3. The summed E-state index contributed by atoms with van der Waals surface area (Å²) in [4.78, 5) is 10.3. The molecular weight excluding hydrogens is 245 g/mol. The Morgan fingerprint density at radius 2 is 1.95 bits per heavy atom. The monoisotopic (exact) mass is 267 g/mol. The number of halogens is 1. The molecule has 0 amide bonds. The molecule has 0 unspecified atom stereocenters. The minimum atomic E-state index is -0.596. The second-order valence-corrected chi connectivity index (χ2v) is 6.00. The molecule has 19 heavy (non-hydrogen) atoms. The second kappa shape index (κ2) is 5.82. The zero-order chi connectivity index (χ0) is 13.9. The molecule has 1 fully saturated rings. The highest BCUT2D eigenvalue weighted by atomic mass is 19.1. The largest absolute Gasteiger partial charge is 0.471 e. The van der Waals surface area contributed by atoms with E-state index in [2.05, 4.69) is 14.9 Å². The molecule has 0 saturated carbocycles. The maximum Gasteiger partial charge on any atom is 0.240 e. The summed E-state index contributed by atoms with van der Waals surface area (Å²) in [5.74, 6) is -0.278. The third kappa shape index (κ3) is 4.42. The van der Waals surface area contributed by atoms with E-state index in [1.807, 2.05) is 20.8 Å². The van der Waals surface area contributed by atoms with Gasteiger partial charge in [0.05, 0.1) is 6.20 Å². The van der Waals surface area contributed by atoms with Crippen LogP contribution >= 0.6 is 0 Å². The van der Waals surface area contributed by atoms with Crippen LogP contribution < -0.4 is 4.74 Å². The highest BCUT2D eigenvalue weighted by Gasteiger charge is 2.20. The molecule has 1 aliphatic rings. The third-order valence-corrected chi connectivity index (χ3v) is 3.01. The predicted octanol–water partition coefficient (Wildman–Crippen LogP) is 2.78. The Bertz CT molecular complexity index is 425. The summed E-state index contributed by atoms with van der Waals surface area (Å²) in [6.07, 6.45) is 4.87. The van der Waals surface area contributed by atoms with Gasteiger partial charge in [0, 0.05) is 6.54 Å². The quantitative estimate of drug-likeness (QED) is 0.844. The number of hydrogen-bond acceptors (Lipinski definition) is 4. The van der Waals surface area contributed by atoms with E-state index in [0.29, 0.717) is 12.4 Å². The summed E-state index contributed by atoms with van der Waals surface area (Å²) in [5.41, 5.74) is 0.317. The smallest absolute Gasteiger partial charge is 0.240 e. The van der Waals surface area contributed by atoms with E-state index in [4.69, 9.17) is 4.74 Å². The van der Waals surface area contributed by atoms with Crippen molar-refractivity contribution in [2.45, 2.75) is 52.2 Å². The lowest BCUT2D eigenvalue weighted by Crippen LogP contribution is -2.31. The Labute approximate surface area is 114 Å². The first kappa shape index (κ1) is 14.2. The van der Waals surface area contributed by atoms with Gasteiger partial charge >= 0.3 is 0 Å². The van der Waals surface area contributed by atoms with Gasteiger partial charge in [0.1, 0.15) is 11.3 Å². The number of hydrogen-bond donors (Lipinski definition) is 0. The van der Waals surface area contributed by atoms with Crippen LogP contribution in [0.3, 0.4) is 0 Å². The van der Waals surface area contributed by atoms with Gasteiger partial charge in [0.15, 0.2) is 0 Å². The number of piperidine rings is 1. The number of nitrogens with zero attached hydrogens (tertiary/aromatic N) is 3. The average Bonchev–Trinajstić information content (AvgIpc) is 2.32. The fourth-order valence-electron chi connectivity index (χ4n) is 2.19. The molecule has 1 saturated heterocycles. The summed E-state index contributed by atoms with van der Waals surface area (Å²) >= 11 is 0. The molecule has 2 heterocycles. The molecule has 0 bridgehead atoms. The van der Waals surface area contributed by atoms with Gasteiger partial charge in [0.25, 0.3) is 0 Å². The molecule has 4 nitrogen and oxygen atoms in total. The minimum Gasteiger partial charge on any atom is -0.471 e. The van der Waals surface area contributed by atoms with E-state index in [1.165, 1.54) is 19.3 Å². The van der Waals surface area contributed by atoms with Crippen LogP contribution in [-0.4, -0.2) is 33.6 Å². The number of likely N-dealkylation sites (tertiary alicyclic amines) is 1. The molecule has 0 aromatic carbocycles. The Balaban J connectivity index is 2.13. The van der Waals surface area contributed by atoms with Crippen LogP contribution in [0.25, 0.3) is 0 Å². The maximum atomic E-state index is 13.2. The molecule has 5 heteroatoms. The molecular formula is C14H22FN3O. The molecule has 0 radical (unpaired) electrons. The summed E-state index contributed by atoms with van der Waals surface area (Å²) < 4.78 is 18.9. The van der Waals surface area contributed by atoms with Crippen molar-refractivity contribution in [2.75, 3.05) is 13.1 Å². The van der Waals surface area contributed by atoms with E-state index < -0.39 is 11.5 Å². The Morgan fingerprint density at radius 1 is 1.26 bits per heavy atom. The van der Waals surface area contributed by atoms with Gasteiger partial charge in [0.2, 0.25) is 11.8 Å².